The average Bonchev–Trinajstić information content (AvgIpc) is 3.12. The predicted molar refractivity (Wildman–Crippen MR) is 86.7 cm³/mol. The summed E-state index contributed by atoms with van der Waals surface area (Å²) in [6, 6.07) is 7.55. The smallest absolute Gasteiger partial charge is 0.261 e. The van der Waals surface area contributed by atoms with E-state index in [4.69, 9.17) is 21.9 Å². The molecular weight excluding hydrogens is 314 g/mol. The Morgan fingerprint density at radius 3 is 2.74 bits per heavy atom. The standard InChI is InChI=1S/C16H16ClN5O/c1-22-9-11(13(20-22)10-5-2-3-6-12(10)17)14-19-15(21-23-14)16(18)7-4-8-16/h2-3,5-6,9H,4,7-8,18H2,1H3. The summed E-state index contributed by atoms with van der Waals surface area (Å²) in [5.41, 5.74) is 8.11. The zero-order valence-electron chi connectivity index (χ0n) is 12.7. The van der Waals surface area contributed by atoms with Gasteiger partial charge < -0.3 is 10.3 Å². The molecule has 2 heterocycles. The molecule has 0 spiro atoms. The van der Waals surface area contributed by atoms with Crippen LogP contribution in [0.4, 0.5) is 0 Å². The molecule has 118 valence electrons. The molecule has 0 atom stereocenters. The summed E-state index contributed by atoms with van der Waals surface area (Å²) in [6.45, 7) is 0. The number of hydrogen-bond donors (Lipinski definition) is 1. The van der Waals surface area contributed by atoms with E-state index in [-0.39, 0.29) is 0 Å². The molecule has 1 aliphatic rings. The lowest BCUT2D eigenvalue weighted by atomic mass is 9.77. The lowest BCUT2D eigenvalue weighted by Gasteiger charge is -2.34. The van der Waals surface area contributed by atoms with E-state index in [0.717, 1.165) is 30.4 Å². The lowest BCUT2D eigenvalue weighted by molar-refractivity contribution is 0.229. The van der Waals surface area contributed by atoms with E-state index in [1.807, 2.05) is 37.5 Å². The molecular formula is C16H16ClN5O. The Labute approximate surface area is 138 Å². The van der Waals surface area contributed by atoms with E-state index < -0.39 is 5.54 Å². The van der Waals surface area contributed by atoms with E-state index in [9.17, 15) is 0 Å². The van der Waals surface area contributed by atoms with Gasteiger partial charge in [-0.05, 0) is 25.3 Å². The fraction of sp³-hybridized carbons (Fsp3) is 0.312. The van der Waals surface area contributed by atoms with Gasteiger partial charge in [-0.15, -0.1) is 0 Å². The van der Waals surface area contributed by atoms with Crippen LogP contribution in [0.25, 0.3) is 22.7 Å². The Hall–Kier alpha value is -2.18. The van der Waals surface area contributed by atoms with Crippen molar-refractivity contribution in [3.05, 3.63) is 41.3 Å². The van der Waals surface area contributed by atoms with Gasteiger partial charge in [0.2, 0.25) is 0 Å². The molecule has 0 unspecified atom stereocenters. The molecule has 0 aliphatic heterocycles. The average molecular weight is 330 g/mol. The van der Waals surface area contributed by atoms with Crippen molar-refractivity contribution in [1.29, 1.82) is 0 Å². The molecule has 0 saturated heterocycles. The van der Waals surface area contributed by atoms with E-state index >= 15 is 0 Å². The third-order valence-corrected chi connectivity index (χ3v) is 4.63. The van der Waals surface area contributed by atoms with Gasteiger partial charge in [0.25, 0.3) is 5.89 Å². The minimum atomic E-state index is -0.450. The minimum absolute atomic E-state index is 0.416. The molecule has 1 aromatic carbocycles. The molecule has 6 nitrogen and oxygen atoms in total. The molecule has 23 heavy (non-hydrogen) atoms. The van der Waals surface area contributed by atoms with Crippen LogP contribution in [0.1, 0.15) is 25.1 Å². The van der Waals surface area contributed by atoms with Crippen molar-refractivity contribution < 1.29 is 4.52 Å². The van der Waals surface area contributed by atoms with Gasteiger partial charge in [-0.2, -0.15) is 10.1 Å². The fourth-order valence-corrected chi connectivity index (χ4v) is 3.04. The first-order chi connectivity index (χ1) is 11.1. The Kier molecular flexibility index (Phi) is 3.25. The van der Waals surface area contributed by atoms with Crippen molar-refractivity contribution >= 4 is 11.6 Å². The molecule has 0 radical (unpaired) electrons. The zero-order chi connectivity index (χ0) is 16.0. The molecule has 7 heteroatoms. The second-order valence-corrected chi connectivity index (χ2v) is 6.38. The molecule has 2 N–H and O–H groups in total. The molecule has 4 rings (SSSR count). The Bertz CT molecular complexity index is 865. The van der Waals surface area contributed by atoms with E-state index in [1.54, 1.807) is 4.68 Å². The van der Waals surface area contributed by atoms with Crippen LogP contribution in [-0.4, -0.2) is 19.9 Å². The summed E-state index contributed by atoms with van der Waals surface area (Å²) in [7, 11) is 1.84. The molecule has 1 fully saturated rings. The SMILES string of the molecule is Cn1cc(-c2nc(C3(N)CCC3)no2)c(-c2ccccc2Cl)n1. The number of benzene rings is 1. The van der Waals surface area contributed by atoms with Crippen molar-refractivity contribution in [1.82, 2.24) is 19.9 Å². The number of halogens is 1. The van der Waals surface area contributed by atoms with Gasteiger partial charge >= 0.3 is 0 Å². The number of aromatic nitrogens is 4. The number of hydrogen-bond acceptors (Lipinski definition) is 5. The van der Waals surface area contributed by atoms with Gasteiger partial charge in [-0.1, -0.05) is 35.0 Å². The summed E-state index contributed by atoms with van der Waals surface area (Å²) in [4.78, 5) is 4.50. The van der Waals surface area contributed by atoms with Crippen LogP contribution < -0.4 is 5.73 Å². The van der Waals surface area contributed by atoms with Gasteiger partial charge in [0, 0.05) is 18.8 Å². The summed E-state index contributed by atoms with van der Waals surface area (Å²) in [5, 5.41) is 9.19. The van der Waals surface area contributed by atoms with Crippen LogP contribution in [0, 0.1) is 0 Å². The van der Waals surface area contributed by atoms with Crippen LogP contribution in [0.5, 0.6) is 0 Å². The van der Waals surface area contributed by atoms with Gasteiger partial charge in [0.1, 0.15) is 5.69 Å². The molecule has 0 amide bonds. The molecule has 2 aromatic heterocycles. The van der Waals surface area contributed by atoms with Crippen molar-refractivity contribution in [2.45, 2.75) is 24.8 Å². The van der Waals surface area contributed by atoms with Crippen LogP contribution in [0.3, 0.4) is 0 Å². The summed E-state index contributed by atoms with van der Waals surface area (Å²) < 4.78 is 7.16. The van der Waals surface area contributed by atoms with Gasteiger partial charge in [0.15, 0.2) is 5.82 Å². The Morgan fingerprint density at radius 2 is 2.04 bits per heavy atom. The third kappa shape index (κ3) is 2.34. The topological polar surface area (TPSA) is 82.8 Å². The van der Waals surface area contributed by atoms with Gasteiger partial charge in [0.05, 0.1) is 16.1 Å². The van der Waals surface area contributed by atoms with Crippen molar-refractivity contribution in [3.8, 4) is 22.7 Å². The predicted octanol–water partition coefficient (Wildman–Crippen LogP) is 3.13. The van der Waals surface area contributed by atoms with Crippen molar-refractivity contribution in [2.75, 3.05) is 0 Å². The second-order valence-electron chi connectivity index (χ2n) is 5.98. The normalized spacial score (nSPS) is 16.3. The maximum absolute atomic E-state index is 6.30. The van der Waals surface area contributed by atoms with Gasteiger partial charge in [-0.3, -0.25) is 4.68 Å². The Balaban J connectivity index is 1.80. The van der Waals surface area contributed by atoms with Gasteiger partial charge in [-0.25, -0.2) is 0 Å². The highest BCUT2D eigenvalue weighted by Crippen LogP contribution is 2.39. The van der Waals surface area contributed by atoms with Crippen LogP contribution in [0.2, 0.25) is 5.02 Å². The quantitative estimate of drug-likeness (QED) is 0.798. The van der Waals surface area contributed by atoms with E-state index in [2.05, 4.69) is 15.2 Å². The summed E-state index contributed by atoms with van der Waals surface area (Å²) in [6.07, 6.45) is 4.71. The van der Waals surface area contributed by atoms with Crippen LogP contribution in [0.15, 0.2) is 35.0 Å². The lowest BCUT2D eigenvalue weighted by Crippen LogP contribution is -2.44. The zero-order valence-corrected chi connectivity index (χ0v) is 13.4. The molecule has 1 aliphatic carbocycles. The monoisotopic (exact) mass is 329 g/mol. The first-order valence-electron chi connectivity index (χ1n) is 7.49. The number of nitrogens with two attached hydrogens (primary N) is 1. The Morgan fingerprint density at radius 1 is 1.26 bits per heavy atom. The maximum Gasteiger partial charge on any atom is 0.261 e. The third-order valence-electron chi connectivity index (χ3n) is 4.31. The molecule has 1 saturated carbocycles. The number of rotatable bonds is 3. The highest BCUT2D eigenvalue weighted by Gasteiger charge is 2.39. The summed E-state index contributed by atoms with van der Waals surface area (Å²) in [5.74, 6) is 0.979. The summed E-state index contributed by atoms with van der Waals surface area (Å²) >= 11 is 6.30. The highest BCUT2D eigenvalue weighted by molar-refractivity contribution is 6.33. The van der Waals surface area contributed by atoms with Crippen LogP contribution in [-0.2, 0) is 12.6 Å². The van der Waals surface area contributed by atoms with Crippen molar-refractivity contribution in [3.63, 3.8) is 0 Å². The first kappa shape index (κ1) is 14.4. The van der Waals surface area contributed by atoms with Crippen molar-refractivity contribution in [2.24, 2.45) is 12.8 Å². The number of nitrogens with zero attached hydrogens (tertiary/aromatic N) is 4. The fourth-order valence-electron chi connectivity index (χ4n) is 2.81. The number of aryl methyl sites for hydroxylation is 1. The second kappa shape index (κ2) is 5.18. The molecule has 3 aromatic rings. The van der Waals surface area contributed by atoms with E-state index in [1.165, 1.54) is 0 Å². The highest BCUT2D eigenvalue weighted by atomic mass is 35.5. The van der Waals surface area contributed by atoms with E-state index in [0.29, 0.717) is 22.4 Å². The largest absolute Gasteiger partial charge is 0.334 e. The molecule has 0 bridgehead atoms. The minimum Gasteiger partial charge on any atom is -0.334 e. The maximum atomic E-state index is 6.30. The van der Waals surface area contributed by atoms with Crippen LogP contribution >= 0.6 is 11.6 Å². The first-order valence-corrected chi connectivity index (χ1v) is 7.87.